The molecule has 0 heterocycles. The number of sulfonamides is 1. The minimum absolute atomic E-state index is 0. The Kier molecular flexibility index (Phi) is 10.4. The van der Waals surface area contributed by atoms with Gasteiger partial charge in [-0.1, -0.05) is 24.3 Å². The Hall–Kier alpha value is -1.85. The molecule has 2 rings (SSSR count). The minimum Gasteiger partial charge on any atom is -0.497 e. The Bertz CT molecular complexity index is 883. The third-order valence-corrected chi connectivity index (χ3v) is 6.08. The van der Waals surface area contributed by atoms with Crippen molar-refractivity contribution in [3.8, 4) is 5.75 Å². The van der Waals surface area contributed by atoms with E-state index in [1.165, 1.54) is 24.0 Å². The average Bonchev–Trinajstić information content (AvgIpc) is 2.71. The van der Waals surface area contributed by atoms with Crippen LogP contribution in [0.1, 0.15) is 11.1 Å². The van der Waals surface area contributed by atoms with Crippen molar-refractivity contribution in [1.82, 2.24) is 14.9 Å². The van der Waals surface area contributed by atoms with Crippen molar-refractivity contribution in [1.29, 1.82) is 0 Å². The maximum absolute atomic E-state index is 12.1. The van der Waals surface area contributed by atoms with Crippen LogP contribution in [0.5, 0.6) is 5.75 Å². The molecule has 7 nitrogen and oxygen atoms in total. The smallest absolute Gasteiger partial charge is 0.242 e. The van der Waals surface area contributed by atoms with Crippen LogP contribution >= 0.6 is 24.0 Å². The first-order valence-electron chi connectivity index (χ1n) is 8.95. The summed E-state index contributed by atoms with van der Waals surface area (Å²) in [6.07, 6.45) is 0.863. The predicted molar refractivity (Wildman–Crippen MR) is 128 cm³/mol. The summed E-state index contributed by atoms with van der Waals surface area (Å²) < 4.78 is 30.6. The number of rotatable bonds is 8. The van der Waals surface area contributed by atoms with Gasteiger partial charge in [0.05, 0.1) is 12.0 Å². The van der Waals surface area contributed by atoms with E-state index in [1.54, 1.807) is 38.4 Å². The molecular formula is C20H29IN4O3S. The maximum atomic E-state index is 12.1. The van der Waals surface area contributed by atoms with Crippen molar-refractivity contribution in [2.45, 2.75) is 17.9 Å². The number of ether oxygens (including phenoxy) is 1. The first kappa shape index (κ1) is 25.2. The fraction of sp³-hybridized carbons (Fsp3) is 0.350. The zero-order chi connectivity index (χ0) is 20.6. The molecule has 0 aliphatic carbocycles. The molecule has 9 heteroatoms. The van der Waals surface area contributed by atoms with Gasteiger partial charge in [0.1, 0.15) is 5.75 Å². The number of aliphatic imine (C=N–C) groups is 1. The molecule has 2 aromatic rings. The molecular weight excluding hydrogens is 503 g/mol. The van der Waals surface area contributed by atoms with Gasteiger partial charge in [-0.2, -0.15) is 0 Å². The van der Waals surface area contributed by atoms with Gasteiger partial charge in [0.15, 0.2) is 5.96 Å². The lowest BCUT2D eigenvalue weighted by Crippen LogP contribution is -2.37. The summed E-state index contributed by atoms with van der Waals surface area (Å²) in [5.41, 5.74) is 2.18. The van der Waals surface area contributed by atoms with Crippen LogP contribution in [-0.2, 0) is 23.0 Å². The van der Waals surface area contributed by atoms with E-state index in [4.69, 9.17) is 4.74 Å². The van der Waals surface area contributed by atoms with Crippen molar-refractivity contribution in [3.05, 3.63) is 59.7 Å². The SMILES string of the molecule is CN=C(NCCc1ccc(OC)cc1)NCc1ccc(S(=O)(=O)N(C)C)cc1.I. The van der Waals surface area contributed by atoms with Gasteiger partial charge in [0, 0.05) is 34.2 Å². The molecule has 0 unspecified atom stereocenters. The molecule has 0 saturated carbocycles. The van der Waals surface area contributed by atoms with E-state index < -0.39 is 10.0 Å². The van der Waals surface area contributed by atoms with Crippen LogP contribution < -0.4 is 15.4 Å². The highest BCUT2D eigenvalue weighted by Crippen LogP contribution is 2.14. The van der Waals surface area contributed by atoms with Crippen LogP contribution in [0, 0.1) is 0 Å². The van der Waals surface area contributed by atoms with E-state index in [2.05, 4.69) is 15.6 Å². The van der Waals surface area contributed by atoms with Gasteiger partial charge in [-0.15, -0.1) is 24.0 Å². The Balaban J connectivity index is 0.00000420. The molecule has 2 N–H and O–H groups in total. The largest absolute Gasteiger partial charge is 0.497 e. The highest BCUT2D eigenvalue weighted by molar-refractivity contribution is 14.0. The second-order valence-electron chi connectivity index (χ2n) is 6.38. The molecule has 0 atom stereocenters. The summed E-state index contributed by atoms with van der Waals surface area (Å²) in [4.78, 5) is 4.49. The van der Waals surface area contributed by atoms with Crippen LogP contribution in [0.15, 0.2) is 58.4 Å². The number of hydrogen-bond acceptors (Lipinski definition) is 4. The fourth-order valence-corrected chi connectivity index (χ4v) is 3.42. The first-order chi connectivity index (χ1) is 13.4. The molecule has 0 fully saturated rings. The third kappa shape index (κ3) is 7.48. The Labute approximate surface area is 190 Å². The van der Waals surface area contributed by atoms with Crippen LogP contribution in [0.25, 0.3) is 0 Å². The Morgan fingerprint density at radius 1 is 1.00 bits per heavy atom. The van der Waals surface area contributed by atoms with Crippen LogP contribution in [-0.4, -0.2) is 53.5 Å². The van der Waals surface area contributed by atoms with Crippen molar-refractivity contribution >= 4 is 40.0 Å². The summed E-state index contributed by atoms with van der Waals surface area (Å²) in [6, 6.07) is 14.8. The van der Waals surface area contributed by atoms with Crippen LogP contribution in [0.4, 0.5) is 0 Å². The van der Waals surface area contributed by atoms with Gasteiger partial charge in [-0.25, -0.2) is 12.7 Å². The molecule has 0 radical (unpaired) electrons. The normalized spacial score (nSPS) is 11.7. The van der Waals surface area contributed by atoms with Gasteiger partial charge in [0.25, 0.3) is 0 Å². The summed E-state index contributed by atoms with van der Waals surface area (Å²) in [6.45, 7) is 1.29. The van der Waals surface area contributed by atoms with Gasteiger partial charge in [0.2, 0.25) is 10.0 Å². The molecule has 29 heavy (non-hydrogen) atoms. The highest BCUT2D eigenvalue weighted by atomic mass is 127. The third-order valence-electron chi connectivity index (χ3n) is 4.25. The molecule has 0 aliphatic heterocycles. The van der Waals surface area contributed by atoms with Crippen molar-refractivity contribution in [2.24, 2.45) is 4.99 Å². The van der Waals surface area contributed by atoms with Gasteiger partial charge < -0.3 is 15.4 Å². The predicted octanol–water partition coefficient (Wildman–Crippen LogP) is 2.47. The van der Waals surface area contributed by atoms with Crippen LogP contribution in [0.3, 0.4) is 0 Å². The lowest BCUT2D eigenvalue weighted by Gasteiger charge is -2.13. The average molecular weight is 532 g/mol. The molecule has 0 aromatic heterocycles. The van der Waals surface area contributed by atoms with Gasteiger partial charge in [-0.3, -0.25) is 4.99 Å². The molecule has 2 aromatic carbocycles. The molecule has 160 valence electrons. The fourth-order valence-electron chi connectivity index (χ4n) is 2.51. The number of nitrogens with zero attached hydrogens (tertiary/aromatic N) is 2. The summed E-state index contributed by atoms with van der Waals surface area (Å²) in [7, 11) is 3.01. The number of halogens is 1. The first-order valence-corrected chi connectivity index (χ1v) is 10.4. The van der Waals surface area contributed by atoms with E-state index in [0.717, 1.165) is 24.3 Å². The molecule has 0 amide bonds. The second kappa shape index (κ2) is 12.0. The topological polar surface area (TPSA) is 83.0 Å². The summed E-state index contributed by atoms with van der Waals surface area (Å²) in [5.74, 6) is 1.54. The van der Waals surface area contributed by atoms with E-state index in [1.807, 2.05) is 24.3 Å². The van der Waals surface area contributed by atoms with Crippen LogP contribution in [0.2, 0.25) is 0 Å². The minimum atomic E-state index is -3.40. The molecule has 0 bridgehead atoms. The summed E-state index contributed by atoms with van der Waals surface area (Å²) in [5, 5.41) is 6.50. The maximum Gasteiger partial charge on any atom is 0.242 e. The molecule has 0 spiro atoms. The van der Waals surface area contributed by atoms with E-state index in [9.17, 15) is 8.42 Å². The van der Waals surface area contributed by atoms with E-state index in [-0.39, 0.29) is 28.9 Å². The molecule has 0 saturated heterocycles. The number of methoxy groups -OCH3 is 1. The van der Waals surface area contributed by atoms with Crippen molar-refractivity contribution < 1.29 is 13.2 Å². The Morgan fingerprint density at radius 2 is 1.59 bits per heavy atom. The lowest BCUT2D eigenvalue weighted by atomic mass is 10.1. The highest BCUT2D eigenvalue weighted by Gasteiger charge is 2.16. The number of nitrogens with one attached hydrogen (secondary N) is 2. The van der Waals surface area contributed by atoms with Crippen molar-refractivity contribution in [2.75, 3.05) is 34.8 Å². The monoisotopic (exact) mass is 532 g/mol. The zero-order valence-electron chi connectivity index (χ0n) is 17.2. The standard InChI is InChI=1S/C20H28N4O3S.HI/c1-21-20(22-14-13-16-5-9-18(27-4)10-6-16)23-15-17-7-11-19(12-8-17)28(25,26)24(2)3;/h5-12H,13-15H2,1-4H3,(H2,21,22,23);1H. The number of benzene rings is 2. The second-order valence-corrected chi connectivity index (χ2v) is 8.53. The molecule has 0 aliphatic rings. The number of hydrogen-bond donors (Lipinski definition) is 2. The lowest BCUT2D eigenvalue weighted by molar-refractivity contribution is 0.414. The van der Waals surface area contributed by atoms with E-state index >= 15 is 0 Å². The Morgan fingerprint density at radius 3 is 2.10 bits per heavy atom. The van der Waals surface area contributed by atoms with E-state index in [0.29, 0.717) is 12.5 Å². The van der Waals surface area contributed by atoms with Gasteiger partial charge >= 0.3 is 0 Å². The van der Waals surface area contributed by atoms with Crippen molar-refractivity contribution in [3.63, 3.8) is 0 Å². The zero-order valence-corrected chi connectivity index (χ0v) is 20.3. The quantitative estimate of drug-likeness (QED) is 0.310. The summed E-state index contributed by atoms with van der Waals surface area (Å²) >= 11 is 0. The number of guanidine groups is 1. The van der Waals surface area contributed by atoms with Gasteiger partial charge in [-0.05, 0) is 41.8 Å².